The van der Waals surface area contributed by atoms with E-state index in [1.165, 1.54) is 0 Å². The lowest BCUT2D eigenvalue weighted by atomic mass is 9.82. The van der Waals surface area contributed by atoms with Crippen LogP contribution in [0.3, 0.4) is 0 Å². The second-order valence-electron chi connectivity index (χ2n) is 7.51. The van der Waals surface area contributed by atoms with Gasteiger partial charge in [0.1, 0.15) is 0 Å². The summed E-state index contributed by atoms with van der Waals surface area (Å²) < 4.78 is 14.2. The maximum atomic E-state index is 14.2. The molecule has 0 radical (unpaired) electrons. The van der Waals surface area contributed by atoms with Crippen LogP contribution in [-0.2, 0) is 4.57 Å². The lowest BCUT2D eigenvalue weighted by Crippen LogP contribution is -2.52. The quantitative estimate of drug-likeness (QED) is 0.452. The van der Waals surface area contributed by atoms with Crippen LogP contribution in [-0.4, -0.2) is 17.0 Å². The summed E-state index contributed by atoms with van der Waals surface area (Å²) >= 11 is 0. The van der Waals surface area contributed by atoms with E-state index in [1.54, 1.807) is 6.92 Å². The van der Waals surface area contributed by atoms with Crippen LogP contribution >= 0.6 is 7.29 Å². The summed E-state index contributed by atoms with van der Waals surface area (Å²) in [6, 6.07) is 17.0. The highest BCUT2D eigenvalue weighted by molar-refractivity contribution is 7.76. The number of nitro groups is 1. The lowest BCUT2D eigenvalue weighted by molar-refractivity contribution is -0.529. The molecule has 0 bridgehead atoms. The molecule has 2 aromatic rings. The van der Waals surface area contributed by atoms with Gasteiger partial charge in [0.05, 0.1) is 6.04 Å². The van der Waals surface area contributed by atoms with Gasteiger partial charge in [-0.3, -0.25) is 14.7 Å². The Labute approximate surface area is 155 Å². The van der Waals surface area contributed by atoms with Crippen molar-refractivity contribution in [3.8, 4) is 0 Å². The maximum absolute atomic E-state index is 14.2. The summed E-state index contributed by atoms with van der Waals surface area (Å²) in [5, 5.41) is 16.2. The fourth-order valence-electron chi connectivity index (χ4n) is 3.13. The van der Waals surface area contributed by atoms with Gasteiger partial charge in [0.2, 0.25) is 13.3 Å². The molecule has 0 saturated heterocycles. The minimum absolute atomic E-state index is 0.261. The Kier molecular flexibility index (Phi) is 6.38. The van der Waals surface area contributed by atoms with Gasteiger partial charge >= 0.3 is 0 Å². The molecule has 0 saturated carbocycles. The zero-order valence-electron chi connectivity index (χ0n) is 15.8. The van der Waals surface area contributed by atoms with Gasteiger partial charge in [0, 0.05) is 22.0 Å². The van der Waals surface area contributed by atoms with Crippen LogP contribution < -0.4 is 15.7 Å². The predicted octanol–water partition coefficient (Wildman–Crippen LogP) is 3.98. The predicted molar refractivity (Wildman–Crippen MR) is 107 cm³/mol. The molecule has 0 aliphatic rings. The van der Waals surface area contributed by atoms with Gasteiger partial charge in [-0.15, -0.1) is 0 Å². The molecule has 2 aromatic carbocycles. The van der Waals surface area contributed by atoms with E-state index in [4.69, 9.17) is 0 Å². The average Bonchev–Trinajstić information content (AvgIpc) is 2.61. The largest absolute Gasteiger partial charge is 0.297 e. The monoisotopic (exact) mass is 374 g/mol. The van der Waals surface area contributed by atoms with E-state index >= 15 is 0 Å². The van der Waals surface area contributed by atoms with Gasteiger partial charge in [-0.2, -0.15) is 0 Å². The van der Waals surface area contributed by atoms with Crippen LogP contribution in [0.1, 0.15) is 34.1 Å². The van der Waals surface area contributed by atoms with Crippen molar-refractivity contribution < 1.29 is 9.49 Å². The smallest absolute Gasteiger partial charge is 0.228 e. The Bertz CT molecular complexity index is 729. The number of hydrogen-bond donors (Lipinski definition) is 1. The molecule has 0 spiro atoms. The second-order valence-corrected chi connectivity index (χ2v) is 10.0. The zero-order chi connectivity index (χ0) is 19.4. The van der Waals surface area contributed by atoms with Gasteiger partial charge in [0.15, 0.2) is 0 Å². The Balaban J connectivity index is 2.59. The van der Waals surface area contributed by atoms with Gasteiger partial charge in [-0.05, 0) is 29.7 Å². The van der Waals surface area contributed by atoms with E-state index in [9.17, 15) is 14.7 Å². The molecule has 0 aliphatic heterocycles. The summed E-state index contributed by atoms with van der Waals surface area (Å²) in [5.74, 6) is 0. The highest BCUT2D eigenvalue weighted by Crippen LogP contribution is 2.42. The molecule has 0 amide bonds. The number of rotatable bonds is 7. The molecule has 0 fully saturated rings. The van der Waals surface area contributed by atoms with Crippen LogP contribution in [0, 0.1) is 15.5 Å². The Hall–Kier alpha value is -1.97. The highest BCUT2D eigenvalue weighted by Gasteiger charge is 2.43. The lowest BCUT2D eigenvalue weighted by Gasteiger charge is -2.36. The first-order valence-electron chi connectivity index (χ1n) is 8.82. The van der Waals surface area contributed by atoms with Crippen molar-refractivity contribution in [2.24, 2.45) is 5.41 Å². The summed E-state index contributed by atoms with van der Waals surface area (Å²) in [6.45, 7) is 7.62. The van der Waals surface area contributed by atoms with Gasteiger partial charge in [-0.1, -0.05) is 64.1 Å². The molecule has 5 nitrogen and oxygen atoms in total. The zero-order valence-corrected chi connectivity index (χ0v) is 16.6. The van der Waals surface area contributed by atoms with Crippen molar-refractivity contribution in [2.45, 2.75) is 46.2 Å². The van der Waals surface area contributed by atoms with E-state index in [2.05, 4.69) is 5.09 Å². The van der Waals surface area contributed by atoms with Crippen molar-refractivity contribution in [3.05, 3.63) is 70.8 Å². The molecule has 0 unspecified atom stereocenters. The standard InChI is InChI=1S/C20H27N2O3P/c1-5-18(22(23)24)19(20(2,3)4)21-26(25,16-12-8-6-9-13-16)17-14-10-7-11-15-17/h6-15,18-19H,5H2,1-4H3,(H,21,25)/t18-,19-/m0/s1. The topological polar surface area (TPSA) is 72.2 Å². The van der Waals surface area contributed by atoms with E-state index < -0.39 is 24.8 Å². The Morgan fingerprint density at radius 1 is 1.00 bits per heavy atom. The van der Waals surface area contributed by atoms with Crippen LogP contribution in [0.4, 0.5) is 0 Å². The number of nitrogens with zero attached hydrogens (tertiary/aromatic N) is 1. The van der Waals surface area contributed by atoms with Crippen LogP contribution in [0.2, 0.25) is 0 Å². The van der Waals surface area contributed by atoms with E-state index in [-0.39, 0.29) is 4.92 Å². The van der Waals surface area contributed by atoms with Gasteiger partial charge in [0.25, 0.3) is 0 Å². The normalized spacial score (nSPS) is 14.6. The van der Waals surface area contributed by atoms with Crippen molar-refractivity contribution in [2.75, 3.05) is 0 Å². The second kappa shape index (κ2) is 8.15. The highest BCUT2D eigenvalue weighted by atomic mass is 31.2. The first kappa shape index (κ1) is 20.3. The minimum Gasteiger partial charge on any atom is -0.297 e. The first-order valence-corrected chi connectivity index (χ1v) is 10.5. The Morgan fingerprint density at radius 2 is 1.42 bits per heavy atom. The molecule has 2 rings (SSSR count). The van der Waals surface area contributed by atoms with Gasteiger partial charge < -0.3 is 0 Å². The maximum Gasteiger partial charge on any atom is 0.228 e. The van der Waals surface area contributed by atoms with E-state index in [1.807, 2.05) is 81.4 Å². The van der Waals surface area contributed by atoms with Crippen molar-refractivity contribution in [1.29, 1.82) is 0 Å². The summed E-state index contributed by atoms with van der Waals surface area (Å²) in [7, 11) is -3.24. The van der Waals surface area contributed by atoms with Crippen molar-refractivity contribution in [3.63, 3.8) is 0 Å². The first-order chi connectivity index (χ1) is 12.2. The molecule has 0 aromatic heterocycles. The van der Waals surface area contributed by atoms with E-state index in [0.29, 0.717) is 17.0 Å². The molecule has 6 heteroatoms. The van der Waals surface area contributed by atoms with E-state index in [0.717, 1.165) is 0 Å². The van der Waals surface area contributed by atoms with Gasteiger partial charge in [-0.25, -0.2) is 5.09 Å². The summed E-state index contributed by atoms with van der Waals surface area (Å²) in [6.07, 6.45) is 0.367. The minimum atomic E-state index is -3.24. The fourth-order valence-corrected chi connectivity index (χ4v) is 5.86. The molecule has 1 N–H and O–H groups in total. The Morgan fingerprint density at radius 3 is 1.73 bits per heavy atom. The SMILES string of the molecule is CC[C@@H]([C@H](NP(=O)(c1ccccc1)c1ccccc1)C(C)(C)C)[N+](=O)[O-]. The number of nitrogens with one attached hydrogen (secondary N) is 1. The van der Waals surface area contributed by atoms with Crippen molar-refractivity contribution >= 4 is 17.9 Å². The summed E-state index contributed by atoms with van der Waals surface area (Å²) in [5.41, 5.74) is -0.438. The van der Waals surface area contributed by atoms with Crippen LogP contribution in [0.5, 0.6) is 0 Å². The van der Waals surface area contributed by atoms with Crippen LogP contribution in [0.15, 0.2) is 60.7 Å². The number of hydrogen-bond acceptors (Lipinski definition) is 3. The van der Waals surface area contributed by atoms with Crippen molar-refractivity contribution in [1.82, 2.24) is 5.09 Å². The third-order valence-corrected chi connectivity index (χ3v) is 7.26. The summed E-state index contributed by atoms with van der Waals surface area (Å²) in [4.78, 5) is 11.4. The molecule has 0 heterocycles. The fraction of sp³-hybridized carbons (Fsp3) is 0.400. The average molecular weight is 374 g/mol. The number of benzene rings is 2. The molecule has 140 valence electrons. The molecule has 26 heavy (non-hydrogen) atoms. The third-order valence-electron chi connectivity index (χ3n) is 4.57. The molecular weight excluding hydrogens is 347 g/mol. The molecular formula is C20H27N2O3P. The molecule has 2 atom stereocenters. The van der Waals surface area contributed by atoms with Crippen LogP contribution in [0.25, 0.3) is 0 Å². The third kappa shape index (κ3) is 4.40. The molecule has 0 aliphatic carbocycles.